The van der Waals surface area contributed by atoms with Crippen LogP contribution >= 0.6 is 11.8 Å². The van der Waals surface area contributed by atoms with Crippen molar-refractivity contribution in [2.45, 2.75) is 39.5 Å². The molecule has 2 heteroatoms. The Labute approximate surface area is 93.8 Å². The second-order valence-corrected chi connectivity index (χ2v) is 5.78. The van der Waals surface area contributed by atoms with Gasteiger partial charge in [0.1, 0.15) is 0 Å². The monoisotopic (exact) mass is 216 g/mol. The van der Waals surface area contributed by atoms with E-state index in [0.717, 1.165) is 0 Å². The van der Waals surface area contributed by atoms with Crippen molar-refractivity contribution in [1.29, 1.82) is 0 Å². The summed E-state index contributed by atoms with van der Waals surface area (Å²) in [5.74, 6) is 2.79. The van der Waals surface area contributed by atoms with Crippen molar-refractivity contribution in [2.24, 2.45) is 0 Å². The molecule has 0 saturated carbocycles. The van der Waals surface area contributed by atoms with E-state index in [2.05, 4.69) is 25.6 Å². The normalized spacial score (nSPS) is 21.0. The molecule has 1 rings (SSSR count). The summed E-state index contributed by atoms with van der Waals surface area (Å²) in [7, 11) is 0. The van der Waals surface area contributed by atoms with Gasteiger partial charge in [-0.15, -0.1) is 0 Å². The first-order chi connectivity index (χ1) is 6.83. The first-order valence-electron chi connectivity index (χ1n) is 6.26. The molecule has 14 heavy (non-hydrogen) atoms. The third-order valence-corrected chi connectivity index (χ3v) is 4.33. The maximum absolute atomic E-state index is 2.31. The number of hydrogen-bond donors (Lipinski definition) is 0. The summed E-state index contributed by atoms with van der Waals surface area (Å²) in [4.78, 5) is 0. The van der Waals surface area contributed by atoms with E-state index in [1.165, 1.54) is 67.9 Å². The fourth-order valence-electron chi connectivity index (χ4n) is 2.28. The van der Waals surface area contributed by atoms with Gasteiger partial charge in [-0.25, -0.2) is 0 Å². The standard InChI is InChI=1S/C12H26NS/c1-3-5-7-13(8-6-4-2)9-11-14-12-10-13/h3-12H2,1-2H3/q+1. The lowest BCUT2D eigenvalue weighted by Gasteiger charge is -2.41. The van der Waals surface area contributed by atoms with Crippen LogP contribution in [0.5, 0.6) is 0 Å². The fraction of sp³-hybridized carbons (Fsp3) is 1.00. The van der Waals surface area contributed by atoms with Gasteiger partial charge in [0.15, 0.2) is 0 Å². The van der Waals surface area contributed by atoms with Crippen LogP contribution in [0.3, 0.4) is 0 Å². The van der Waals surface area contributed by atoms with Crippen LogP contribution in [0, 0.1) is 0 Å². The molecule has 0 amide bonds. The molecule has 1 aliphatic heterocycles. The lowest BCUT2D eigenvalue weighted by molar-refractivity contribution is -0.925. The third-order valence-electron chi connectivity index (χ3n) is 3.39. The molecule has 0 aromatic carbocycles. The van der Waals surface area contributed by atoms with Crippen LogP contribution in [0.15, 0.2) is 0 Å². The van der Waals surface area contributed by atoms with Crippen LogP contribution < -0.4 is 0 Å². The Morgan fingerprint density at radius 3 is 1.86 bits per heavy atom. The molecule has 1 nitrogen and oxygen atoms in total. The highest BCUT2D eigenvalue weighted by atomic mass is 32.2. The van der Waals surface area contributed by atoms with E-state index in [-0.39, 0.29) is 0 Å². The highest BCUT2D eigenvalue weighted by molar-refractivity contribution is 7.99. The number of unbranched alkanes of at least 4 members (excludes halogenated alkanes) is 2. The Kier molecular flexibility index (Phi) is 5.95. The summed E-state index contributed by atoms with van der Waals surface area (Å²) in [6.07, 6.45) is 5.57. The Bertz CT molecular complexity index is 131. The average Bonchev–Trinajstić information content (AvgIpc) is 2.25. The SMILES string of the molecule is CCCC[N+]1(CCCC)CCSCC1. The second kappa shape index (κ2) is 6.73. The zero-order valence-electron chi connectivity index (χ0n) is 9.93. The first kappa shape index (κ1) is 12.4. The van der Waals surface area contributed by atoms with E-state index in [4.69, 9.17) is 0 Å². The van der Waals surface area contributed by atoms with Gasteiger partial charge in [0, 0.05) is 11.5 Å². The molecule has 0 atom stereocenters. The third kappa shape index (κ3) is 3.82. The van der Waals surface area contributed by atoms with Gasteiger partial charge in [0.05, 0.1) is 26.2 Å². The lowest BCUT2D eigenvalue weighted by atomic mass is 10.2. The van der Waals surface area contributed by atoms with Crippen molar-refractivity contribution < 1.29 is 4.48 Å². The van der Waals surface area contributed by atoms with Gasteiger partial charge in [-0.1, -0.05) is 26.7 Å². The van der Waals surface area contributed by atoms with Gasteiger partial charge < -0.3 is 4.48 Å². The van der Waals surface area contributed by atoms with Crippen molar-refractivity contribution in [3.63, 3.8) is 0 Å². The zero-order valence-corrected chi connectivity index (χ0v) is 10.7. The van der Waals surface area contributed by atoms with E-state index in [0.29, 0.717) is 0 Å². The zero-order chi connectivity index (χ0) is 10.3. The summed E-state index contributed by atoms with van der Waals surface area (Å²) in [6.45, 7) is 10.4. The smallest absolute Gasteiger partial charge is 0.0878 e. The van der Waals surface area contributed by atoms with Crippen LogP contribution in [0.25, 0.3) is 0 Å². The molecule has 0 aromatic rings. The van der Waals surface area contributed by atoms with Gasteiger partial charge in [-0.05, 0) is 12.8 Å². The van der Waals surface area contributed by atoms with Gasteiger partial charge >= 0.3 is 0 Å². The minimum Gasteiger partial charge on any atom is -0.322 e. The number of quaternary nitrogens is 1. The second-order valence-electron chi connectivity index (χ2n) is 4.56. The quantitative estimate of drug-likeness (QED) is 0.615. The molecular weight excluding hydrogens is 190 g/mol. The largest absolute Gasteiger partial charge is 0.322 e. The minimum absolute atomic E-state index is 1.36. The molecule has 84 valence electrons. The predicted octanol–water partition coefficient (Wildman–Crippen LogP) is 3.15. The molecule has 1 aliphatic rings. The van der Waals surface area contributed by atoms with Gasteiger partial charge in [-0.3, -0.25) is 0 Å². The molecular formula is C12H26NS+. The Morgan fingerprint density at radius 2 is 1.43 bits per heavy atom. The summed E-state index contributed by atoms with van der Waals surface area (Å²) in [5, 5.41) is 0. The lowest BCUT2D eigenvalue weighted by Crippen LogP contribution is -2.54. The Morgan fingerprint density at radius 1 is 0.929 bits per heavy atom. The highest BCUT2D eigenvalue weighted by Crippen LogP contribution is 2.20. The molecule has 1 fully saturated rings. The van der Waals surface area contributed by atoms with Gasteiger partial charge in [0.2, 0.25) is 0 Å². The molecule has 0 bridgehead atoms. The predicted molar refractivity (Wildman–Crippen MR) is 66.9 cm³/mol. The van der Waals surface area contributed by atoms with E-state index < -0.39 is 0 Å². The molecule has 0 unspecified atom stereocenters. The van der Waals surface area contributed by atoms with Crippen LogP contribution in [-0.4, -0.2) is 42.2 Å². The van der Waals surface area contributed by atoms with Crippen molar-refractivity contribution in [2.75, 3.05) is 37.7 Å². The number of nitrogens with zero attached hydrogens (tertiary/aromatic N) is 1. The van der Waals surface area contributed by atoms with Gasteiger partial charge in [-0.2, -0.15) is 11.8 Å². The van der Waals surface area contributed by atoms with E-state index >= 15 is 0 Å². The molecule has 0 N–H and O–H groups in total. The van der Waals surface area contributed by atoms with Crippen LogP contribution in [0.2, 0.25) is 0 Å². The minimum atomic E-state index is 1.36. The summed E-state index contributed by atoms with van der Waals surface area (Å²) in [6, 6.07) is 0. The number of hydrogen-bond acceptors (Lipinski definition) is 1. The molecule has 0 aliphatic carbocycles. The van der Waals surface area contributed by atoms with E-state index in [1.807, 2.05) is 0 Å². The fourth-order valence-corrected chi connectivity index (χ4v) is 3.51. The number of rotatable bonds is 6. The van der Waals surface area contributed by atoms with Crippen LogP contribution in [0.1, 0.15) is 39.5 Å². The van der Waals surface area contributed by atoms with Crippen molar-refractivity contribution in [1.82, 2.24) is 0 Å². The van der Waals surface area contributed by atoms with Crippen LogP contribution in [-0.2, 0) is 0 Å². The number of thioether (sulfide) groups is 1. The average molecular weight is 216 g/mol. The van der Waals surface area contributed by atoms with E-state index in [9.17, 15) is 0 Å². The summed E-state index contributed by atoms with van der Waals surface area (Å²) in [5.41, 5.74) is 0. The maximum Gasteiger partial charge on any atom is 0.0878 e. The summed E-state index contributed by atoms with van der Waals surface area (Å²) < 4.78 is 1.44. The maximum atomic E-state index is 2.31. The highest BCUT2D eigenvalue weighted by Gasteiger charge is 2.28. The molecule has 0 spiro atoms. The Hall–Kier alpha value is 0.310. The molecule has 0 radical (unpaired) electrons. The van der Waals surface area contributed by atoms with Crippen LogP contribution in [0.4, 0.5) is 0 Å². The first-order valence-corrected chi connectivity index (χ1v) is 7.41. The van der Waals surface area contributed by atoms with Gasteiger partial charge in [0.25, 0.3) is 0 Å². The molecule has 1 heterocycles. The Balaban J connectivity index is 2.39. The topological polar surface area (TPSA) is 0 Å². The van der Waals surface area contributed by atoms with E-state index in [1.54, 1.807) is 0 Å². The van der Waals surface area contributed by atoms with Crippen molar-refractivity contribution >= 4 is 11.8 Å². The van der Waals surface area contributed by atoms with Crippen molar-refractivity contribution in [3.8, 4) is 0 Å². The molecule has 0 aromatic heterocycles. The summed E-state index contributed by atoms with van der Waals surface area (Å²) >= 11 is 2.15. The molecule has 1 saturated heterocycles. The van der Waals surface area contributed by atoms with Crippen molar-refractivity contribution in [3.05, 3.63) is 0 Å².